The quantitative estimate of drug-likeness (QED) is 0.576. The molecule has 2 N–H and O–H groups in total. The molecule has 1 amide bonds. The number of hydrogen-bond acceptors (Lipinski definition) is 6. The van der Waals surface area contributed by atoms with Crippen molar-refractivity contribution < 1.29 is 34.0 Å². The van der Waals surface area contributed by atoms with Gasteiger partial charge in [-0.2, -0.15) is 0 Å². The molecule has 0 bridgehead atoms. The standard InChI is InChI=1S/C25H37NO7/c1-31-19-15-18(16-20(32-2)22(19)33-3)21(17-9-5-4-6-10-17)23(28)26-13-8-7-11-25(26,12-14-27)24(29)30/h15-17,21,27H,4-14H2,1-3H3,(H,29,30). The fourth-order valence-corrected chi connectivity index (χ4v) is 5.66. The van der Waals surface area contributed by atoms with Gasteiger partial charge in [0.15, 0.2) is 11.5 Å². The molecule has 2 unspecified atom stereocenters. The van der Waals surface area contributed by atoms with E-state index in [0.29, 0.717) is 36.6 Å². The monoisotopic (exact) mass is 463 g/mol. The van der Waals surface area contributed by atoms with Gasteiger partial charge in [-0.15, -0.1) is 0 Å². The van der Waals surface area contributed by atoms with Crippen molar-refractivity contribution in [2.24, 2.45) is 5.92 Å². The molecule has 1 heterocycles. The summed E-state index contributed by atoms with van der Waals surface area (Å²) in [6, 6.07) is 3.63. The summed E-state index contributed by atoms with van der Waals surface area (Å²) in [5.74, 6) is -0.260. The molecule has 1 aliphatic carbocycles. The highest BCUT2D eigenvalue weighted by atomic mass is 16.5. The second-order valence-corrected chi connectivity index (χ2v) is 9.09. The van der Waals surface area contributed by atoms with Crippen LogP contribution in [0, 0.1) is 5.92 Å². The summed E-state index contributed by atoms with van der Waals surface area (Å²) >= 11 is 0. The molecule has 2 atom stereocenters. The Morgan fingerprint density at radius 1 is 1.03 bits per heavy atom. The maximum atomic E-state index is 14.2. The van der Waals surface area contributed by atoms with Crippen LogP contribution in [0.5, 0.6) is 17.2 Å². The van der Waals surface area contributed by atoms with Crippen LogP contribution in [-0.4, -0.2) is 67.0 Å². The molecule has 184 valence electrons. The maximum absolute atomic E-state index is 14.2. The molecule has 1 saturated heterocycles. The van der Waals surface area contributed by atoms with Crippen LogP contribution in [0.1, 0.15) is 69.3 Å². The van der Waals surface area contributed by atoms with E-state index in [4.69, 9.17) is 14.2 Å². The lowest BCUT2D eigenvalue weighted by molar-refractivity contribution is -0.165. The Bertz CT molecular complexity index is 807. The number of likely N-dealkylation sites (tertiary alicyclic amines) is 1. The second-order valence-electron chi connectivity index (χ2n) is 9.09. The highest BCUT2D eigenvalue weighted by Crippen LogP contribution is 2.46. The number of carbonyl (C=O) groups excluding carboxylic acids is 1. The van der Waals surface area contributed by atoms with E-state index in [1.54, 1.807) is 14.2 Å². The van der Waals surface area contributed by atoms with Crippen molar-refractivity contribution in [3.8, 4) is 17.2 Å². The van der Waals surface area contributed by atoms with Crippen LogP contribution < -0.4 is 14.2 Å². The van der Waals surface area contributed by atoms with Gasteiger partial charge in [0, 0.05) is 19.6 Å². The van der Waals surface area contributed by atoms with Gasteiger partial charge < -0.3 is 29.3 Å². The molecule has 1 aromatic carbocycles. The Balaban J connectivity index is 2.11. The Kier molecular flexibility index (Phi) is 8.46. The third kappa shape index (κ3) is 4.90. The third-order valence-corrected chi connectivity index (χ3v) is 7.36. The van der Waals surface area contributed by atoms with E-state index in [2.05, 4.69) is 0 Å². The third-order valence-electron chi connectivity index (χ3n) is 7.36. The van der Waals surface area contributed by atoms with Crippen LogP contribution >= 0.6 is 0 Å². The van der Waals surface area contributed by atoms with Crippen molar-refractivity contribution >= 4 is 11.9 Å². The molecular formula is C25H37NO7. The molecule has 3 rings (SSSR count). The van der Waals surface area contributed by atoms with E-state index in [9.17, 15) is 19.8 Å². The number of ether oxygens (including phenoxy) is 3. The molecule has 0 aromatic heterocycles. The molecule has 8 heteroatoms. The molecule has 1 aliphatic heterocycles. The topological polar surface area (TPSA) is 106 Å². The smallest absolute Gasteiger partial charge is 0.329 e. The van der Waals surface area contributed by atoms with Crippen molar-refractivity contribution in [1.82, 2.24) is 4.90 Å². The summed E-state index contributed by atoms with van der Waals surface area (Å²) < 4.78 is 16.5. The van der Waals surface area contributed by atoms with Gasteiger partial charge >= 0.3 is 5.97 Å². The SMILES string of the molecule is COc1cc(C(C(=O)N2CCCCC2(CCO)C(=O)O)C2CCCCC2)cc(OC)c1OC. The summed E-state index contributed by atoms with van der Waals surface area (Å²) in [6.07, 6.45) is 6.87. The van der Waals surface area contributed by atoms with E-state index < -0.39 is 17.4 Å². The maximum Gasteiger partial charge on any atom is 0.329 e. The number of carbonyl (C=O) groups is 2. The fourth-order valence-electron chi connectivity index (χ4n) is 5.66. The number of methoxy groups -OCH3 is 3. The summed E-state index contributed by atoms with van der Waals surface area (Å²) in [4.78, 5) is 28.2. The number of carboxylic acid groups (broad SMARTS) is 1. The first-order valence-electron chi connectivity index (χ1n) is 11.9. The average Bonchev–Trinajstić information content (AvgIpc) is 2.84. The van der Waals surface area contributed by atoms with Crippen molar-refractivity contribution in [3.63, 3.8) is 0 Å². The normalized spacial score (nSPS) is 22.5. The summed E-state index contributed by atoms with van der Waals surface area (Å²) in [5.41, 5.74) is -0.632. The lowest BCUT2D eigenvalue weighted by Crippen LogP contribution is -2.61. The van der Waals surface area contributed by atoms with Crippen LogP contribution in [0.25, 0.3) is 0 Å². The highest BCUT2D eigenvalue weighted by molar-refractivity contribution is 5.91. The van der Waals surface area contributed by atoms with Crippen molar-refractivity contribution in [2.45, 2.75) is 69.2 Å². The number of rotatable bonds is 9. The van der Waals surface area contributed by atoms with Gasteiger partial charge in [0.1, 0.15) is 5.54 Å². The fraction of sp³-hybridized carbons (Fsp3) is 0.680. The molecule has 8 nitrogen and oxygen atoms in total. The van der Waals surface area contributed by atoms with Crippen LogP contribution in [0.15, 0.2) is 12.1 Å². The number of piperidine rings is 1. The molecule has 1 aromatic rings. The van der Waals surface area contributed by atoms with Crippen molar-refractivity contribution in [2.75, 3.05) is 34.5 Å². The second kappa shape index (κ2) is 11.1. The van der Waals surface area contributed by atoms with Crippen molar-refractivity contribution in [3.05, 3.63) is 17.7 Å². The highest BCUT2D eigenvalue weighted by Gasteiger charge is 2.50. The van der Waals surface area contributed by atoms with Crippen LogP contribution in [0.2, 0.25) is 0 Å². The van der Waals surface area contributed by atoms with Gasteiger partial charge in [-0.3, -0.25) is 4.79 Å². The van der Waals surface area contributed by atoms with Crippen LogP contribution in [-0.2, 0) is 9.59 Å². The van der Waals surface area contributed by atoms with E-state index >= 15 is 0 Å². The lowest BCUT2D eigenvalue weighted by Gasteiger charge is -2.46. The first kappa shape index (κ1) is 25.1. The van der Waals surface area contributed by atoms with Crippen LogP contribution in [0.4, 0.5) is 0 Å². The number of carboxylic acids is 1. The number of aliphatic hydroxyl groups is 1. The van der Waals surface area contributed by atoms with Gasteiger partial charge in [0.25, 0.3) is 0 Å². The van der Waals surface area contributed by atoms with Gasteiger partial charge in [-0.05, 0) is 55.7 Å². The van der Waals surface area contributed by atoms with Crippen LogP contribution in [0.3, 0.4) is 0 Å². The summed E-state index contributed by atoms with van der Waals surface area (Å²) in [7, 11) is 4.62. The number of aliphatic hydroxyl groups excluding tert-OH is 1. The minimum absolute atomic E-state index is 0.0285. The number of benzene rings is 1. The zero-order valence-electron chi connectivity index (χ0n) is 20.0. The van der Waals surface area contributed by atoms with E-state index in [1.165, 1.54) is 12.0 Å². The molecule has 1 saturated carbocycles. The lowest BCUT2D eigenvalue weighted by atomic mass is 9.74. The van der Waals surface area contributed by atoms with Gasteiger partial charge in [-0.1, -0.05) is 19.3 Å². The molecule has 0 radical (unpaired) electrons. The van der Waals surface area contributed by atoms with Gasteiger partial charge in [0.05, 0.1) is 27.2 Å². The largest absolute Gasteiger partial charge is 0.493 e. The Labute approximate surface area is 195 Å². The van der Waals surface area contributed by atoms with Gasteiger partial charge in [0.2, 0.25) is 11.7 Å². The van der Waals surface area contributed by atoms with Crippen molar-refractivity contribution in [1.29, 1.82) is 0 Å². The molecular weight excluding hydrogens is 426 g/mol. The Morgan fingerprint density at radius 3 is 2.18 bits per heavy atom. The zero-order chi connectivity index (χ0) is 24.0. The molecule has 0 spiro atoms. The summed E-state index contributed by atoms with van der Waals surface area (Å²) in [6.45, 7) is 0.0904. The molecule has 33 heavy (non-hydrogen) atoms. The molecule has 2 aliphatic rings. The van der Waals surface area contributed by atoms with E-state index in [0.717, 1.165) is 44.1 Å². The number of hydrogen-bond donors (Lipinski definition) is 2. The predicted molar refractivity (Wildman–Crippen MR) is 123 cm³/mol. The van der Waals surface area contributed by atoms with Gasteiger partial charge in [-0.25, -0.2) is 4.79 Å². The average molecular weight is 464 g/mol. The first-order chi connectivity index (χ1) is 15.9. The minimum Gasteiger partial charge on any atom is -0.493 e. The first-order valence-corrected chi connectivity index (χ1v) is 11.9. The van der Waals surface area contributed by atoms with E-state index in [1.807, 2.05) is 12.1 Å². The van der Waals surface area contributed by atoms with E-state index in [-0.39, 0.29) is 24.9 Å². The Morgan fingerprint density at radius 2 is 1.67 bits per heavy atom. The predicted octanol–water partition coefficient (Wildman–Crippen LogP) is 3.59. The summed E-state index contributed by atoms with van der Waals surface area (Å²) in [5, 5.41) is 19.9. The zero-order valence-corrected chi connectivity index (χ0v) is 20.0. The Hall–Kier alpha value is -2.48. The number of amides is 1. The molecule has 2 fully saturated rings. The minimum atomic E-state index is -1.38. The number of aliphatic carboxylic acids is 1. The number of nitrogens with zero attached hydrogens (tertiary/aromatic N) is 1.